The molecule has 0 aliphatic heterocycles. The molecular weight excluding hydrogens is 420 g/mol. The summed E-state index contributed by atoms with van der Waals surface area (Å²) in [5.74, 6) is -1.87. The number of carbonyl (C=O) groups excluding carboxylic acids is 3. The minimum atomic E-state index is -2.02. The molecule has 0 aromatic carbocycles. The third-order valence-corrected chi connectivity index (χ3v) is 2.34. The van der Waals surface area contributed by atoms with Crippen molar-refractivity contribution in [3.8, 4) is 0 Å². The molecule has 5 nitrogen and oxygen atoms in total. The third-order valence-electron chi connectivity index (χ3n) is 2.34. The molecular formula is C13H22O5W. The van der Waals surface area contributed by atoms with Crippen molar-refractivity contribution in [2.75, 3.05) is 6.61 Å². The second-order valence-corrected chi connectivity index (χ2v) is 4.74. The van der Waals surface area contributed by atoms with E-state index in [0.29, 0.717) is 0 Å². The summed E-state index contributed by atoms with van der Waals surface area (Å²) < 4.78 is 10.5. The summed E-state index contributed by atoms with van der Waals surface area (Å²) in [6.45, 7) is 8.89. The van der Waals surface area contributed by atoms with Crippen LogP contribution in [0.3, 0.4) is 0 Å². The minimum Gasteiger partial charge on any atom is -0.371 e. The average molecular weight is 442 g/mol. The second-order valence-electron chi connectivity index (χ2n) is 4.74. The molecule has 0 aliphatic rings. The number of Topliss-reactive ketones (excluding diaryl/α,β-unsaturated/α-hetero) is 3. The van der Waals surface area contributed by atoms with Crippen LogP contribution in [-0.4, -0.2) is 41.8 Å². The Labute approximate surface area is 128 Å². The molecule has 0 rings (SSSR count). The molecule has 0 spiro atoms. The van der Waals surface area contributed by atoms with Gasteiger partial charge in [-0.05, 0) is 41.5 Å². The van der Waals surface area contributed by atoms with Crippen molar-refractivity contribution in [1.82, 2.24) is 0 Å². The fourth-order valence-corrected chi connectivity index (χ4v) is 1.57. The Balaban J connectivity index is 0. The number of ketones is 3. The number of rotatable bonds is 8. The first-order valence-corrected chi connectivity index (χ1v) is 5.99. The molecule has 0 aromatic heterocycles. The maximum atomic E-state index is 12.1. The molecule has 0 aromatic rings. The Kier molecular flexibility index (Phi) is 9.61. The maximum Gasteiger partial charge on any atom is 0.244 e. The first kappa shape index (κ1) is 20.9. The van der Waals surface area contributed by atoms with Gasteiger partial charge in [0.15, 0.2) is 11.6 Å². The van der Waals surface area contributed by atoms with Gasteiger partial charge in [0.2, 0.25) is 11.4 Å². The van der Waals surface area contributed by atoms with Gasteiger partial charge in [0.05, 0.1) is 12.2 Å². The summed E-state index contributed by atoms with van der Waals surface area (Å²) in [5.41, 5.74) is -2.02. The van der Waals surface area contributed by atoms with Crippen molar-refractivity contribution in [1.29, 1.82) is 0 Å². The SMILES string of the molecule is CC(=O)C(OC(C)C)(C(C)=O)C(=O)COC(C)C.[W]. The van der Waals surface area contributed by atoms with Crippen molar-refractivity contribution < 1.29 is 44.9 Å². The fraction of sp³-hybridized carbons (Fsp3) is 0.769. The van der Waals surface area contributed by atoms with Crippen LogP contribution < -0.4 is 0 Å². The Morgan fingerprint density at radius 3 is 1.63 bits per heavy atom. The summed E-state index contributed by atoms with van der Waals surface area (Å²) in [4.78, 5) is 35.5. The van der Waals surface area contributed by atoms with Crippen molar-refractivity contribution >= 4 is 17.3 Å². The van der Waals surface area contributed by atoms with E-state index in [2.05, 4.69) is 0 Å². The van der Waals surface area contributed by atoms with Gasteiger partial charge < -0.3 is 9.47 Å². The zero-order valence-corrected chi connectivity index (χ0v) is 15.2. The smallest absolute Gasteiger partial charge is 0.244 e. The average Bonchev–Trinajstić information content (AvgIpc) is 2.20. The molecule has 0 fully saturated rings. The predicted molar refractivity (Wildman–Crippen MR) is 66.4 cm³/mol. The quantitative estimate of drug-likeness (QED) is 0.531. The maximum absolute atomic E-state index is 12.1. The first-order valence-electron chi connectivity index (χ1n) is 5.99. The van der Waals surface area contributed by atoms with Gasteiger partial charge in [-0.1, -0.05) is 0 Å². The molecule has 0 saturated carbocycles. The Morgan fingerprint density at radius 1 is 0.947 bits per heavy atom. The molecule has 0 aliphatic carbocycles. The second kappa shape index (κ2) is 8.72. The standard InChI is InChI=1S/C13H22O5.W/c1-8(2)17-7-12(16)13(10(5)14,11(6)15)18-9(3)4;/h8-9H,7H2,1-6H3;. The van der Waals surface area contributed by atoms with Gasteiger partial charge in [-0.15, -0.1) is 0 Å². The van der Waals surface area contributed by atoms with Crippen LogP contribution in [0.1, 0.15) is 41.5 Å². The molecule has 6 heteroatoms. The molecule has 0 atom stereocenters. The monoisotopic (exact) mass is 442 g/mol. The van der Waals surface area contributed by atoms with Gasteiger partial charge in [-0.3, -0.25) is 14.4 Å². The van der Waals surface area contributed by atoms with Crippen LogP contribution in [0.5, 0.6) is 0 Å². The van der Waals surface area contributed by atoms with E-state index in [9.17, 15) is 14.4 Å². The van der Waals surface area contributed by atoms with Crippen molar-refractivity contribution in [3.63, 3.8) is 0 Å². The molecule has 110 valence electrons. The minimum absolute atomic E-state index is 0. The van der Waals surface area contributed by atoms with Crippen molar-refractivity contribution in [2.45, 2.75) is 59.4 Å². The molecule has 0 N–H and O–H groups in total. The van der Waals surface area contributed by atoms with E-state index in [1.807, 2.05) is 0 Å². The van der Waals surface area contributed by atoms with E-state index in [1.165, 1.54) is 13.8 Å². The number of hydrogen-bond acceptors (Lipinski definition) is 5. The van der Waals surface area contributed by atoms with E-state index in [0.717, 1.165) is 0 Å². The van der Waals surface area contributed by atoms with E-state index in [1.54, 1.807) is 27.7 Å². The van der Waals surface area contributed by atoms with Crippen LogP contribution in [0.15, 0.2) is 0 Å². The molecule has 0 unspecified atom stereocenters. The Morgan fingerprint density at radius 2 is 1.37 bits per heavy atom. The largest absolute Gasteiger partial charge is 0.371 e. The molecule has 0 saturated heterocycles. The van der Waals surface area contributed by atoms with Gasteiger partial charge >= 0.3 is 0 Å². The van der Waals surface area contributed by atoms with Crippen LogP contribution in [0.4, 0.5) is 0 Å². The van der Waals surface area contributed by atoms with Crippen molar-refractivity contribution in [3.05, 3.63) is 0 Å². The van der Waals surface area contributed by atoms with Gasteiger partial charge in [-0.25, -0.2) is 0 Å². The zero-order chi connectivity index (χ0) is 14.5. The summed E-state index contributed by atoms with van der Waals surface area (Å²) in [5, 5.41) is 0. The number of hydrogen-bond donors (Lipinski definition) is 0. The van der Waals surface area contributed by atoms with Crippen LogP contribution >= 0.6 is 0 Å². The normalized spacial score (nSPS) is 11.4. The predicted octanol–water partition coefficient (Wildman–Crippen LogP) is 1.32. The Hall–Kier alpha value is -0.382. The van der Waals surface area contributed by atoms with Crippen LogP contribution in [0, 0.1) is 0 Å². The fourth-order valence-electron chi connectivity index (χ4n) is 1.57. The third kappa shape index (κ3) is 5.63. The summed E-state index contributed by atoms with van der Waals surface area (Å²) in [6, 6.07) is 0. The van der Waals surface area contributed by atoms with Crippen LogP contribution in [0.2, 0.25) is 0 Å². The molecule has 0 amide bonds. The summed E-state index contributed by atoms with van der Waals surface area (Å²) in [7, 11) is 0. The number of ether oxygens (including phenoxy) is 2. The molecule has 0 bridgehead atoms. The van der Waals surface area contributed by atoms with E-state index < -0.39 is 29.1 Å². The topological polar surface area (TPSA) is 69.7 Å². The first-order chi connectivity index (χ1) is 8.14. The van der Waals surface area contributed by atoms with Gasteiger partial charge in [0, 0.05) is 21.1 Å². The van der Waals surface area contributed by atoms with E-state index in [-0.39, 0.29) is 33.8 Å². The van der Waals surface area contributed by atoms with E-state index in [4.69, 9.17) is 9.47 Å². The summed E-state index contributed by atoms with van der Waals surface area (Å²) >= 11 is 0. The molecule has 0 radical (unpaired) electrons. The van der Waals surface area contributed by atoms with Crippen LogP contribution in [0.25, 0.3) is 0 Å². The zero-order valence-electron chi connectivity index (χ0n) is 12.3. The van der Waals surface area contributed by atoms with E-state index >= 15 is 0 Å². The van der Waals surface area contributed by atoms with Crippen LogP contribution in [-0.2, 0) is 44.9 Å². The molecule has 19 heavy (non-hydrogen) atoms. The van der Waals surface area contributed by atoms with Crippen molar-refractivity contribution in [2.24, 2.45) is 0 Å². The molecule has 0 heterocycles. The number of carbonyl (C=O) groups is 3. The Bertz CT molecular complexity index is 322. The van der Waals surface area contributed by atoms with Gasteiger partial charge in [0.1, 0.15) is 6.61 Å². The van der Waals surface area contributed by atoms with Gasteiger partial charge in [-0.2, -0.15) is 0 Å². The van der Waals surface area contributed by atoms with Gasteiger partial charge in [0.25, 0.3) is 0 Å². The summed E-state index contributed by atoms with van der Waals surface area (Å²) in [6.07, 6.45) is -0.578.